The molecule has 3 N–H and O–H groups in total. The molecule has 0 aliphatic rings. The van der Waals surface area contributed by atoms with Crippen molar-refractivity contribution in [3.05, 3.63) is 90.1 Å². The SMILES string of the molecule is N#Cc1cc(NCCc2ccc(S(=O)(=O)n3ccc4ccccc43)cc2)ccc1N. The Labute approximate surface area is 175 Å². The maximum atomic E-state index is 13.0. The Morgan fingerprint density at radius 2 is 1.77 bits per heavy atom. The van der Waals surface area contributed by atoms with Crippen molar-refractivity contribution in [2.24, 2.45) is 0 Å². The minimum absolute atomic E-state index is 0.248. The summed E-state index contributed by atoms with van der Waals surface area (Å²) in [6.45, 7) is 0.642. The number of nitriles is 1. The van der Waals surface area contributed by atoms with Gasteiger partial charge in [0, 0.05) is 29.5 Å². The summed E-state index contributed by atoms with van der Waals surface area (Å²) >= 11 is 0. The van der Waals surface area contributed by atoms with Crippen LogP contribution in [0.2, 0.25) is 0 Å². The van der Waals surface area contributed by atoms with Gasteiger partial charge in [-0.1, -0.05) is 30.3 Å². The van der Waals surface area contributed by atoms with E-state index in [4.69, 9.17) is 11.0 Å². The molecule has 4 aromatic rings. The number of aromatic nitrogens is 1. The maximum Gasteiger partial charge on any atom is 0.268 e. The summed E-state index contributed by atoms with van der Waals surface area (Å²) in [6.07, 6.45) is 2.29. The van der Waals surface area contributed by atoms with Gasteiger partial charge < -0.3 is 11.1 Å². The van der Waals surface area contributed by atoms with Gasteiger partial charge in [0.1, 0.15) is 6.07 Å². The number of nitrogen functional groups attached to an aromatic ring is 1. The lowest BCUT2D eigenvalue weighted by Crippen LogP contribution is -2.12. The van der Waals surface area contributed by atoms with E-state index >= 15 is 0 Å². The molecule has 30 heavy (non-hydrogen) atoms. The zero-order valence-corrected chi connectivity index (χ0v) is 16.9. The minimum Gasteiger partial charge on any atom is -0.398 e. The number of rotatable bonds is 6. The van der Waals surface area contributed by atoms with Crippen molar-refractivity contribution in [1.82, 2.24) is 3.97 Å². The first-order chi connectivity index (χ1) is 14.5. The number of para-hydroxylation sites is 1. The summed E-state index contributed by atoms with van der Waals surface area (Å²) in [4.78, 5) is 0.248. The first kappa shape index (κ1) is 19.6. The molecule has 3 aromatic carbocycles. The van der Waals surface area contributed by atoms with E-state index in [2.05, 4.69) is 11.4 Å². The van der Waals surface area contributed by atoms with E-state index in [1.165, 1.54) is 3.97 Å². The van der Waals surface area contributed by atoms with Crippen LogP contribution in [-0.4, -0.2) is 18.9 Å². The molecule has 0 saturated heterocycles. The Kier molecular flexibility index (Phi) is 5.17. The highest BCUT2D eigenvalue weighted by Gasteiger charge is 2.18. The third-order valence-corrected chi connectivity index (χ3v) is 6.66. The predicted octanol–water partition coefficient (Wildman–Crippen LogP) is 3.99. The van der Waals surface area contributed by atoms with Gasteiger partial charge >= 0.3 is 0 Å². The highest BCUT2D eigenvalue weighted by Crippen LogP contribution is 2.22. The summed E-state index contributed by atoms with van der Waals surface area (Å²) in [6, 6.07) is 23.4. The number of fused-ring (bicyclic) bond motifs is 1. The lowest BCUT2D eigenvalue weighted by Gasteiger charge is -2.10. The van der Waals surface area contributed by atoms with Crippen molar-refractivity contribution in [2.45, 2.75) is 11.3 Å². The van der Waals surface area contributed by atoms with Crippen LogP contribution in [0.1, 0.15) is 11.1 Å². The quantitative estimate of drug-likeness (QED) is 0.463. The zero-order valence-electron chi connectivity index (χ0n) is 16.1. The number of anilines is 2. The topological polar surface area (TPSA) is 101 Å². The molecule has 1 aromatic heterocycles. The van der Waals surface area contributed by atoms with Crippen LogP contribution in [0, 0.1) is 11.3 Å². The molecule has 6 nitrogen and oxygen atoms in total. The van der Waals surface area contributed by atoms with E-state index in [0.29, 0.717) is 29.7 Å². The van der Waals surface area contributed by atoms with Gasteiger partial charge in [0.25, 0.3) is 10.0 Å². The van der Waals surface area contributed by atoms with Crippen LogP contribution in [0.25, 0.3) is 10.9 Å². The Balaban J connectivity index is 1.46. The summed E-state index contributed by atoms with van der Waals surface area (Å²) in [5.41, 5.74) is 9.11. The van der Waals surface area contributed by atoms with Crippen molar-refractivity contribution < 1.29 is 8.42 Å². The van der Waals surface area contributed by atoms with Crippen LogP contribution < -0.4 is 11.1 Å². The minimum atomic E-state index is -3.66. The number of nitrogens with zero attached hydrogens (tertiary/aromatic N) is 2. The molecule has 0 saturated carbocycles. The molecular weight excluding hydrogens is 396 g/mol. The molecule has 0 radical (unpaired) electrons. The van der Waals surface area contributed by atoms with Crippen LogP contribution in [0.5, 0.6) is 0 Å². The second-order valence-electron chi connectivity index (χ2n) is 6.91. The van der Waals surface area contributed by atoms with Crippen molar-refractivity contribution >= 4 is 32.3 Å². The average molecular weight is 417 g/mol. The van der Waals surface area contributed by atoms with E-state index < -0.39 is 10.0 Å². The van der Waals surface area contributed by atoms with Crippen LogP contribution in [0.4, 0.5) is 11.4 Å². The van der Waals surface area contributed by atoms with E-state index in [9.17, 15) is 8.42 Å². The van der Waals surface area contributed by atoms with Gasteiger partial charge in [-0.15, -0.1) is 0 Å². The van der Waals surface area contributed by atoms with Gasteiger partial charge in [0.05, 0.1) is 16.0 Å². The molecule has 150 valence electrons. The highest BCUT2D eigenvalue weighted by atomic mass is 32.2. The van der Waals surface area contributed by atoms with Crippen LogP contribution in [0.15, 0.2) is 83.9 Å². The molecule has 0 aliphatic carbocycles. The Hall–Kier alpha value is -3.76. The fourth-order valence-electron chi connectivity index (χ4n) is 3.32. The Morgan fingerprint density at radius 1 is 1.00 bits per heavy atom. The van der Waals surface area contributed by atoms with E-state index in [1.54, 1.807) is 42.6 Å². The first-order valence-electron chi connectivity index (χ1n) is 9.43. The Bertz CT molecular complexity index is 1350. The van der Waals surface area contributed by atoms with Crippen molar-refractivity contribution in [3.8, 4) is 6.07 Å². The number of nitrogens with one attached hydrogen (secondary N) is 1. The number of benzene rings is 3. The third kappa shape index (κ3) is 3.73. The van der Waals surface area contributed by atoms with E-state index in [0.717, 1.165) is 16.6 Å². The molecule has 0 fully saturated rings. The fraction of sp³-hybridized carbons (Fsp3) is 0.0870. The van der Waals surface area contributed by atoms with Crippen molar-refractivity contribution in [1.29, 1.82) is 5.26 Å². The van der Waals surface area contributed by atoms with Gasteiger partial charge in [0.15, 0.2) is 0 Å². The van der Waals surface area contributed by atoms with Crippen LogP contribution >= 0.6 is 0 Å². The smallest absolute Gasteiger partial charge is 0.268 e. The molecular formula is C23H20N4O2S. The molecule has 0 bridgehead atoms. The van der Waals surface area contributed by atoms with Gasteiger partial charge in [0.2, 0.25) is 0 Å². The highest BCUT2D eigenvalue weighted by molar-refractivity contribution is 7.90. The van der Waals surface area contributed by atoms with Gasteiger partial charge in [-0.25, -0.2) is 12.4 Å². The largest absolute Gasteiger partial charge is 0.398 e. The normalized spacial score (nSPS) is 11.3. The summed E-state index contributed by atoms with van der Waals surface area (Å²) < 4.78 is 27.4. The van der Waals surface area contributed by atoms with Gasteiger partial charge in [-0.2, -0.15) is 5.26 Å². The third-order valence-electron chi connectivity index (χ3n) is 4.96. The molecule has 0 atom stereocenters. The molecule has 0 spiro atoms. The monoisotopic (exact) mass is 416 g/mol. The summed E-state index contributed by atoms with van der Waals surface area (Å²) in [5, 5.41) is 13.2. The Morgan fingerprint density at radius 3 is 2.53 bits per heavy atom. The van der Waals surface area contributed by atoms with Gasteiger partial charge in [-0.3, -0.25) is 0 Å². The second kappa shape index (κ2) is 7.93. The number of hydrogen-bond donors (Lipinski definition) is 2. The van der Waals surface area contributed by atoms with Crippen molar-refractivity contribution in [3.63, 3.8) is 0 Å². The number of nitrogens with two attached hydrogens (primary N) is 1. The predicted molar refractivity (Wildman–Crippen MR) is 119 cm³/mol. The standard InChI is InChI=1S/C23H20N4O2S/c24-16-19-15-20(7-10-22(19)25)26-13-11-17-5-8-21(9-6-17)30(28,29)27-14-12-18-3-1-2-4-23(18)27/h1-10,12,14-15,26H,11,13,25H2. The molecule has 0 aliphatic heterocycles. The number of hydrogen-bond acceptors (Lipinski definition) is 5. The lowest BCUT2D eigenvalue weighted by molar-refractivity contribution is 0.589. The molecule has 0 unspecified atom stereocenters. The molecule has 1 heterocycles. The lowest BCUT2D eigenvalue weighted by atomic mass is 10.1. The molecule has 0 amide bonds. The average Bonchev–Trinajstić information content (AvgIpc) is 3.20. The van der Waals surface area contributed by atoms with Crippen molar-refractivity contribution in [2.75, 3.05) is 17.6 Å². The van der Waals surface area contributed by atoms with E-state index in [1.807, 2.05) is 36.4 Å². The zero-order chi connectivity index (χ0) is 21.1. The van der Waals surface area contributed by atoms with Crippen LogP contribution in [-0.2, 0) is 16.4 Å². The molecule has 4 rings (SSSR count). The maximum absolute atomic E-state index is 13.0. The fourth-order valence-corrected chi connectivity index (χ4v) is 4.68. The molecule has 7 heteroatoms. The van der Waals surface area contributed by atoms with Crippen LogP contribution in [0.3, 0.4) is 0 Å². The summed E-state index contributed by atoms with van der Waals surface area (Å²) in [7, 11) is -3.66. The first-order valence-corrected chi connectivity index (χ1v) is 10.9. The van der Waals surface area contributed by atoms with E-state index in [-0.39, 0.29) is 4.90 Å². The van der Waals surface area contributed by atoms with Gasteiger partial charge in [-0.05, 0) is 54.4 Å². The second-order valence-corrected chi connectivity index (χ2v) is 8.72. The summed E-state index contributed by atoms with van der Waals surface area (Å²) in [5.74, 6) is 0.